The van der Waals surface area contributed by atoms with Gasteiger partial charge in [-0.05, 0) is 35.7 Å². The van der Waals surface area contributed by atoms with Gasteiger partial charge >= 0.3 is 5.69 Å². The lowest BCUT2D eigenvalue weighted by Crippen LogP contribution is -2.36. The topological polar surface area (TPSA) is 102 Å². The Bertz CT molecular complexity index is 1140. The Balaban J connectivity index is 1.96. The summed E-state index contributed by atoms with van der Waals surface area (Å²) in [5, 5.41) is 0. The van der Waals surface area contributed by atoms with Crippen molar-refractivity contribution in [3.8, 4) is 0 Å². The summed E-state index contributed by atoms with van der Waals surface area (Å²) in [5.74, 6) is -0.159. The molecule has 0 radical (unpaired) electrons. The van der Waals surface area contributed by atoms with E-state index >= 15 is 0 Å². The van der Waals surface area contributed by atoms with E-state index in [1.807, 2.05) is 6.92 Å². The molecule has 2 heterocycles. The van der Waals surface area contributed by atoms with Gasteiger partial charge in [0.1, 0.15) is 0 Å². The van der Waals surface area contributed by atoms with Crippen molar-refractivity contribution >= 4 is 20.9 Å². The average molecular weight is 359 g/mol. The van der Waals surface area contributed by atoms with Gasteiger partial charge in [0, 0.05) is 19.0 Å². The maximum Gasteiger partial charge on any atom is 0.328 e. The Kier molecular flexibility index (Phi) is 4.30. The Labute approximate surface area is 143 Å². The quantitative estimate of drug-likeness (QED) is 0.756. The molecule has 1 unspecified atom stereocenters. The van der Waals surface area contributed by atoms with Gasteiger partial charge in [-0.2, -0.15) is 0 Å². The number of rotatable bonds is 4. The van der Waals surface area contributed by atoms with Crippen LogP contribution >= 0.6 is 0 Å². The standard InChI is InChI=1S/C17H17N3O4S/c1-11(12-5-7-13(8-6-12)25(2,23)24)10-20-16(21)15-14(19-17(20)22)4-3-9-18-15/h3-9,11H,10H2,1-2H3,(H,19,22). The number of aromatic nitrogens is 3. The Hall–Kier alpha value is -2.74. The van der Waals surface area contributed by atoms with E-state index < -0.39 is 21.1 Å². The van der Waals surface area contributed by atoms with Gasteiger partial charge in [-0.3, -0.25) is 9.36 Å². The van der Waals surface area contributed by atoms with Crippen LogP contribution in [0.3, 0.4) is 0 Å². The first-order valence-electron chi connectivity index (χ1n) is 7.65. The molecule has 8 heteroatoms. The third kappa shape index (κ3) is 3.39. The van der Waals surface area contributed by atoms with E-state index in [0.717, 1.165) is 16.4 Å². The molecule has 7 nitrogen and oxygen atoms in total. The minimum atomic E-state index is -3.26. The molecule has 0 bridgehead atoms. The summed E-state index contributed by atoms with van der Waals surface area (Å²) in [6.45, 7) is 2.03. The predicted octanol–water partition coefficient (Wildman–Crippen LogP) is 1.29. The number of pyridine rings is 1. The fourth-order valence-electron chi connectivity index (χ4n) is 2.67. The number of aromatic amines is 1. The lowest BCUT2D eigenvalue weighted by Gasteiger charge is -2.14. The molecule has 0 saturated carbocycles. The molecule has 1 aromatic carbocycles. The molecule has 0 aliphatic heterocycles. The van der Waals surface area contributed by atoms with E-state index in [1.165, 1.54) is 18.3 Å². The Morgan fingerprint density at radius 1 is 1.16 bits per heavy atom. The molecule has 0 spiro atoms. The highest BCUT2D eigenvalue weighted by Gasteiger charge is 2.14. The number of sulfone groups is 1. The number of nitrogens with zero attached hydrogens (tertiary/aromatic N) is 2. The van der Waals surface area contributed by atoms with Gasteiger partial charge in [-0.25, -0.2) is 18.2 Å². The van der Waals surface area contributed by atoms with Crippen molar-refractivity contribution < 1.29 is 8.42 Å². The van der Waals surface area contributed by atoms with E-state index in [9.17, 15) is 18.0 Å². The number of nitrogens with one attached hydrogen (secondary N) is 1. The first kappa shape index (κ1) is 17.1. The van der Waals surface area contributed by atoms with Crippen molar-refractivity contribution in [1.29, 1.82) is 0 Å². The molecule has 3 rings (SSSR count). The Morgan fingerprint density at radius 2 is 1.84 bits per heavy atom. The minimum absolute atomic E-state index is 0.159. The summed E-state index contributed by atoms with van der Waals surface area (Å²) in [6.07, 6.45) is 2.65. The first-order chi connectivity index (χ1) is 11.8. The number of benzene rings is 1. The summed E-state index contributed by atoms with van der Waals surface area (Å²) in [4.78, 5) is 31.6. The molecular weight excluding hydrogens is 342 g/mol. The first-order valence-corrected chi connectivity index (χ1v) is 9.54. The smallest absolute Gasteiger partial charge is 0.305 e. The van der Waals surface area contributed by atoms with Crippen molar-refractivity contribution in [2.75, 3.05) is 6.26 Å². The molecule has 3 aromatic rings. The lowest BCUT2D eigenvalue weighted by atomic mass is 10.0. The maximum atomic E-state index is 12.5. The zero-order valence-corrected chi connectivity index (χ0v) is 14.6. The lowest BCUT2D eigenvalue weighted by molar-refractivity contribution is 0.558. The molecule has 2 aromatic heterocycles. The van der Waals surface area contributed by atoms with E-state index in [4.69, 9.17) is 0 Å². The van der Waals surface area contributed by atoms with Gasteiger partial charge in [0.15, 0.2) is 15.4 Å². The molecule has 0 aliphatic carbocycles. The molecule has 0 saturated heterocycles. The average Bonchev–Trinajstić information content (AvgIpc) is 2.58. The summed E-state index contributed by atoms with van der Waals surface area (Å²) in [7, 11) is -3.26. The second-order valence-corrected chi connectivity index (χ2v) is 8.00. The molecule has 130 valence electrons. The van der Waals surface area contributed by atoms with Gasteiger partial charge in [0.25, 0.3) is 5.56 Å². The van der Waals surface area contributed by atoms with Crippen molar-refractivity contribution in [3.63, 3.8) is 0 Å². The zero-order chi connectivity index (χ0) is 18.2. The third-order valence-corrected chi connectivity index (χ3v) is 5.20. The zero-order valence-electron chi connectivity index (χ0n) is 13.8. The van der Waals surface area contributed by atoms with Crippen molar-refractivity contribution in [3.05, 3.63) is 69.0 Å². The fraction of sp³-hybridized carbons (Fsp3) is 0.235. The normalized spacial score (nSPS) is 13.0. The van der Waals surface area contributed by atoms with Crippen LogP contribution in [0, 0.1) is 0 Å². The summed E-state index contributed by atoms with van der Waals surface area (Å²) < 4.78 is 24.2. The van der Waals surface area contributed by atoms with Crippen LogP contribution in [-0.2, 0) is 16.4 Å². The van der Waals surface area contributed by atoms with Gasteiger partial charge in [0.05, 0.1) is 10.4 Å². The van der Waals surface area contributed by atoms with Gasteiger partial charge in [-0.1, -0.05) is 19.1 Å². The number of H-pyrrole nitrogens is 1. The van der Waals surface area contributed by atoms with E-state index in [1.54, 1.807) is 24.3 Å². The molecule has 1 N–H and O–H groups in total. The number of hydrogen-bond donors (Lipinski definition) is 1. The van der Waals surface area contributed by atoms with E-state index in [2.05, 4.69) is 9.97 Å². The van der Waals surface area contributed by atoms with E-state index in [0.29, 0.717) is 5.52 Å². The van der Waals surface area contributed by atoms with Gasteiger partial charge in [-0.15, -0.1) is 0 Å². The number of hydrogen-bond acceptors (Lipinski definition) is 5. The predicted molar refractivity (Wildman–Crippen MR) is 94.6 cm³/mol. The monoisotopic (exact) mass is 359 g/mol. The van der Waals surface area contributed by atoms with E-state index in [-0.39, 0.29) is 22.9 Å². The van der Waals surface area contributed by atoms with Gasteiger partial charge < -0.3 is 4.98 Å². The third-order valence-electron chi connectivity index (χ3n) is 4.08. The van der Waals surface area contributed by atoms with Crippen LogP contribution in [0.25, 0.3) is 11.0 Å². The molecule has 0 aliphatic rings. The van der Waals surface area contributed by atoms with Crippen LogP contribution in [0.2, 0.25) is 0 Å². The van der Waals surface area contributed by atoms with Crippen LogP contribution in [0.15, 0.2) is 57.1 Å². The SMILES string of the molecule is CC(Cn1c(=O)[nH]c2cccnc2c1=O)c1ccc(S(C)(=O)=O)cc1. The maximum absolute atomic E-state index is 12.5. The highest BCUT2D eigenvalue weighted by atomic mass is 32.2. The van der Waals surface area contributed by atoms with Crippen LogP contribution in [0.5, 0.6) is 0 Å². The van der Waals surface area contributed by atoms with Crippen molar-refractivity contribution in [1.82, 2.24) is 14.5 Å². The fourth-order valence-corrected chi connectivity index (χ4v) is 3.30. The second-order valence-electron chi connectivity index (χ2n) is 5.99. The minimum Gasteiger partial charge on any atom is -0.305 e. The summed E-state index contributed by atoms with van der Waals surface area (Å²) in [6, 6.07) is 9.71. The van der Waals surface area contributed by atoms with Crippen molar-refractivity contribution in [2.45, 2.75) is 24.3 Å². The van der Waals surface area contributed by atoms with Crippen LogP contribution in [0.4, 0.5) is 0 Å². The molecule has 0 amide bonds. The molecular formula is C17H17N3O4S. The molecule has 1 atom stereocenters. The summed E-state index contributed by atoms with van der Waals surface area (Å²) in [5.41, 5.74) is 0.504. The van der Waals surface area contributed by atoms with Crippen molar-refractivity contribution in [2.24, 2.45) is 0 Å². The van der Waals surface area contributed by atoms with Crippen LogP contribution in [0.1, 0.15) is 18.4 Å². The van der Waals surface area contributed by atoms with Crippen LogP contribution < -0.4 is 11.2 Å². The highest BCUT2D eigenvalue weighted by Crippen LogP contribution is 2.19. The van der Waals surface area contributed by atoms with Crippen LogP contribution in [-0.4, -0.2) is 29.2 Å². The number of fused-ring (bicyclic) bond motifs is 1. The Morgan fingerprint density at radius 3 is 2.48 bits per heavy atom. The summed E-state index contributed by atoms with van der Waals surface area (Å²) >= 11 is 0. The molecule has 0 fully saturated rings. The highest BCUT2D eigenvalue weighted by molar-refractivity contribution is 7.90. The van der Waals surface area contributed by atoms with Gasteiger partial charge in [0.2, 0.25) is 0 Å². The molecule has 25 heavy (non-hydrogen) atoms. The largest absolute Gasteiger partial charge is 0.328 e. The second kappa shape index (κ2) is 6.29.